The van der Waals surface area contributed by atoms with Gasteiger partial charge in [-0.25, -0.2) is 4.98 Å². The molecular weight excluding hydrogens is 289 g/mol. The second-order valence-electron chi connectivity index (χ2n) is 4.17. The number of rotatable bonds is 4. The summed E-state index contributed by atoms with van der Waals surface area (Å²) in [5.74, 6) is -0.236. The van der Waals surface area contributed by atoms with Gasteiger partial charge in [-0.2, -0.15) is 0 Å². The highest BCUT2D eigenvalue weighted by molar-refractivity contribution is 7.11. The topological polar surface area (TPSA) is 34.2 Å². The van der Waals surface area contributed by atoms with Crippen LogP contribution in [-0.4, -0.2) is 11.3 Å². The molecule has 7 heteroatoms. The summed E-state index contributed by atoms with van der Waals surface area (Å²) in [7, 11) is 0. The minimum atomic E-state index is -4.68. The Hall–Kier alpha value is -1.76. The van der Waals surface area contributed by atoms with Gasteiger partial charge in [0.25, 0.3) is 0 Å². The maximum absolute atomic E-state index is 12.1. The molecule has 0 amide bonds. The Bertz CT molecular complexity index is 596. The SMILES string of the molecule is Cc1nc(C)c(CNc2cccc(OC(F)(F)F)c2)s1. The van der Waals surface area contributed by atoms with Gasteiger partial charge in [0.05, 0.1) is 17.2 Å². The number of thiazole rings is 1. The molecule has 0 saturated heterocycles. The molecule has 108 valence electrons. The van der Waals surface area contributed by atoms with Crippen LogP contribution >= 0.6 is 11.3 Å². The van der Waals surface area contributed by atoms with Gasteiger partial charge in [0, 0.05) is 16.6 Å². The summed E-state index contributed by atoms with van der Waals surface area (Å²) in [6, 6.07) is 5.78. The summed E-state index contributed by atoms with van der Waals surface area (Å²) in [6.07, 6.45) is -4.68. The molecule has 0 atom stereocenters. The number of aromatic nitrogens is 1. The lowest BCUT2D eigenvalue weighted by Crippen LogP contribution is -2.17. The normalized spacial score (nSPS) is 11.4. The fourth-order valence-corrected chi connectivity index (χ4v) is 2.60. The van der Waals surface area contributed by atoms with E-state index in [0.717, 1.165) is 15.6 Å². The predicted octanol–water partition coefficient (Wildman–Crippen LogP) is 4.27. The van der Waals surface area contributed by atoms with Crippen molar-refractivity contribution in [2.24, 2.45) is 0 Å². The van der Waals surface area contributed by atoms with Crippen molar-refractivity contribution >= 4 is 17.0 Å². The van der Waals surface area contributed by atoms with Crippen LogP contribution in [0.4, 0.5) is 18.9 Å². The smallest absolute Gasteiger partial charge is 0.406 e. The van der Waals surface area contributed by atoms with Crippen molar-refractivity contribution < 1.29 is 17.9 Å². The van der Waals surface area contributed by atoms with E-state index >= 15 is 0 Å². The van der Waals surface area contributed by atoms with E-state index in [1.54, 1.807) is 17.4 Å². The van der Waals surface area contributed by atoms with Gasteiger partial charge in [-0.15, -0.1) is 24.5 Å². The number of hydrogen-bond donors (Lipinski definition) is 1. The monoisotopic (exact) mass is 302 g/mol. The van der Waals surface area contributed by atoms with Crippen LogP contribution in [0.5, 0.6) is 5.75 Å². The van der Waals surface area contributed by atoms with Gasteiger partial charge in [0.1, 0.15) is 5.75 Å². The largest absolute Gasteiger partial charge is 0.573 e. The molecule has 2 rings (SSSR count). The molecule has 20 heavy (non-hydrogen) atoms. The van der Waals surface area contributed by atoms with E-state index in [1.807, 2.05) is 13.8 Å². The molecule has 1 N–H and O–H groups in total. The van der Waals surface area contributed by atoms with Crippen LogP contribution in [0.3, 0.4) is 0 Å². The zero-order valence-electron chi connectivity index (χ0n) is 10.9. The van der Waals surface area contributed by atoms with Crippen LogP contribution < -0.4 is 10.1 Å². The van der Waals surface area contributed by atoms with E-state index in [0.29, 0.717) is 12.2 Å². The zero-order chi connectivity index (χ0) is 14.8. The van der Waals surface area contributed by atoms with E-state index in [4.69, 9.17) is 0 Å². The Kier molecular flexibility index (Phi) is 4.17. The van der Waals surface area contributed by atoms with Crippen LogP contribution in [0.2, 0.25) is 0 Å². The fourth-order valence-electron chi connectivity index (χ4n) is 1.72. The lowest BCUT2D eigenvalue weighted by atomic mass is 10.3. The molecule has 0 aliphatic rings. The minimum absolute atomic E-state index is 0.236. The molecule has 0 aliphatic carbocycles. The first-order valence-corrected chi connectivity index (χ1v) is 6.68. The van der Waals surface area contributed by atoms with Gasteiger partial charge in [-0.3, -0.25) is 0 Å². The standard InChI is InChI=1S/C13H13F3N2OS/c1-8-12(20-9(2)18-8)7-17-10-4-3-5-11(6-10)19-13(14,15)16/h3-6,17H,7H2,1-2H3. The molecule has 0 spiro atoms. The second kappa shape index (κ2) is 5.70. The average molecular weight is 302 g/mol. The summed E-state index contributed by atoms with van der Waals surface area (Å²) >= 11 is 1.56. The Morgan fingerprint density at radius 1 is 1.30 bits per heavy atom. The van der Waals surface area contributed by atoms with E-state index in [9.17, 15) is 13.2 Å². The minimum Gasteiger partial charge on any atom is -0.406 e. The highest BCUT2D eigenvalue weighted by Gasteiger charge is 2.31. The maximum Gasteiger partial charge on any atom is 0.573 e. The van der Waals surface area contributed by atoms with Crippen molar-refractivity contribution in [3.05, 3.63) is 39.8 Å². The van der Waals surface area contributed by atoms with Crippen molar-refractivity contribution in [2.75, 3.05) is 5.32 Å². The quantitative estimate of drug-likeness (QED) is 0.915. The summed E-state index contributed by atoms with van der Waals surface area (Å²) in [4.78, 5) is 5.35. The van der Waals surface area contributed by atoms with Crippen LogP contribution in [0.25, 0.3) is 0 Å². The molecule has 1 aromatic carbocycles. The highest BCUT2D eigenvalue weighted by atomic mass is 32.1. The number of benzene rings is 1. The third kappa shape index (κ3) is 4.12. The van der Waals surface area contributed by atoms with Crippen LogP contribution in [0, 0.1) is 13.8 Å². The molecule has 0 unspecified atom stereocenters. The number of ether oxygens (including phenoxy) is 1. The average Bonchev–Trinajstić information content (AvgIpc) is 2.63. The van der Waals surface area contributed by atoms with Gasteiger partial charge in [-0.1, -0.05) is 6.07 Å². The maximum atomic E-state index is 12.1. The summed E-state index contributed by atoms with van der Waals surface area (Å²) in [6.45, 7) is 4.34. The Morgan fingerprint density at radius 2 is 2.05 bits per heavy atom. The third-order valence-electron chi connectivity index (χ3n) is 2.52. The van der Waals surface area contributed by atoms with Crippen LogP contribution in [0.15, 0.2) is 24.3 Å². The first-order chi connectivity index (χ1) is 9.33. The van der Waals surface area contributed by atoms with Gasteiger partial charge in [0.15, 0.2) is 0 Å². The number of aryl methyl sites for hydroxylation is 2. The Morgan fingerprint density at radius 3 is 2.65 bits per heavy atom. The molecule has 2 aromatic rings. The third-order valence-corrected chi connectivity index (χ3v) is 3.59. The fraction of sp³-hybridized carbons (Fsp3) is 0.308. The van der Waals surface area contributed by atoms with E-state index in [-0.39, 0.29) is 5.75 Å². The summed E-state index contributed by atoms with van der Waals surface area (Å²) in [5, 5.41) is 4.03. The number of alkyl halides is 3. The van der Waals surface area contributed by atoms with Crippen molar-refractivity contribution in [3.63, 3.8) is 0 Å². The highest BCUT2D eigenvalue weighted by Crippen LogP contribution is 2.26. The zero-order valence-corrected chi connectivity index (χ0v) is 11.7. The molecule has 0 saturated carbocycles. The van der Waals surface area contributed by atoms with Gasteiger partial charge in [0.2, 0.25) is 0 Å². The number of halogens is 3. The molecular formula is C13H13F3N2OS. The number of anilines is 1. The molecule has 0 fully saturated rings. The Labute approximate surface area is 118 Å². The predicted molar refractivity (Wildman–Crippen MR) is 72.0 cm³/mol. The molecule has 0 radical (unpaired) electrons. The van der Waals surface area contributed by atoms with Crippen LogP contribution in [-0.2, 0) is 6.54 Å². The molecule has 0 aliphatic heterocycles. The van der Waals surface area contributed by atoms with E-state index in [2.05, 4.69) is 15.0 Å². The lowest BCUT2D eigenvalue weighted by molar-refractivity contribution is -0.274. The van der Waals surface area contributed by atoms with E-state index < -0.39 is 6.36 Å². The van der Waals surface area contributed by atoms with Crippen molar-refractivity contribution in [2.45, 2.75) is 26.8 Å². The first kappa shape index (κ1) is 14.6. The number of nitrogens with one attached hydrogen (secondary N) is 1. The van der Waals surface area contributed by atoms with Gasteiger partial charge < -0.3 is 10.1 Å². The van der Waals surface area contributed by atoms with Crippen molar-refractivity contribution in [1.29, 1.82) is 0 Å². The number of hydrogen-bond acceptors (Lipinski definition) is 4. The molecule has 1 heterocycles. The summed E-state index contributed by atoms with van der Waals surface area (Å²) < 4.78 is 40.3. The molecule has 0 bridgehead atoms. The first-order valence-electron chi connectivity index (χ1n) is 5.86. The van der Waals surface area contributed by atoms with Crippen molar-refractivity contribution in [3.8, 4) is 5.75 Å². The van der Waals surface area contributed by atoms with Gasteiger partial charge in [-0.05, 0) is 26.0 Å². The second-order valence-corrected chi connectivity index (χ2v) is 5.46. The number of nitrogens with zero attached hydrogens (tertiary/aromatic N) is 1. The van der Waals surface area contributed by atoms with Gasteiger partial charge >= 0.3 is 6.36 Å². The van der Waals surface area contributed by atoms with Crippen molar-refractivity contribution in [1.82, 2.24) is 4.98 Å². The molecule has 3 nitrogen and oxygen atoms in total. The summed E-state index contributed by atoms with van der Waals surface area (Å²) in [5.41, 5.74) is 1.50. The lowest BCUT2D eigenvalue weighted by Gasteiger charge is -2.11. The van der Waals surface area contributed by atoms with Crippen LogP contribution in [0.1, 0.15) is 15.6 Å². The Balaban J connectivity index is 2.03. The molecule has 1 aromatic heterocycles. The van der Waals surface area contributed by atoms with E-state index in [1.165, 1.54) is 18.2 Å².